The van der Waals surface area contributed by atoms with Crippen molar-refractivity contribution in [3.8, 4) is 5.75 Å². The van der Waals surface area contributed by atoms with Gasteiger partial charge in [-0.25, -0.2) is 0 Å². The van der Waals surface area contributed by atoms with Crippen molar-refractivity contribution < 1.29 is 9.53 Å². The number of ether oxygens (including phenoxy) is 1. The summed E-state index contributed by atoms with van der Waals surface area (Å²) in [6, 6.07) is 17.1. The minimum Gasteiger partial charge on any atom is -0.494 e. The first-order valence-corrected chi connectivity index (χ1v) is 7.61. The van der Waals surface area contributed by atoms with Gasteiger partial charge >= 0.3 is 0 Å². The summed E-state index contributed by atoms with van der Waals surface area (Å²) >= 11 is 0. The van der Waals surface area contributed by atoms with Crippen molar-refractivity contribution in [3.63, 3.8) is 0 Å². The van der Waals surface area contributed by atoms with Crippen molar-refractivity contribution in [1.82, 2.24) is 4.98 Å². The Morgan fingerprint density at radius 2 is 1.91 bits per heavy atom. The van der Waals surface area contributed by atoms with Crippen LogP contribution in [0.4, 0.5) is 5.69 Å². The second kappa shape index (κ2) is 6.92. The highest BCUT2D eigenvalue weighted by molar-refractivity contribution is 6.01. The predicted molar refractivity (Wildman–Crippen MR) is 91.7 cm³/mol. The molecule has 1 N–H and O–H groups in total. The van der Waals surface area contributed by atoms with E-state index in [-0.39, 0.29) is 5.91 Å². The molecule has 0 bridgehead atoms. The summed E-state index contributed by atoms with van der Waals surface area (Å²) in [5, 5.41) is 3.90. The first-order valence-electron chi connectivity index (χ1n) is 7.61. The van der Waals surface area contributed by atoms with Crippen molar-refractivity contribution in [3.05, 3.63) is 66.4 Å². The lowest BCUT2D eigenvalue weighted by Crippen LogP contribution is -2.14. The molecule has 0 radical (unpaired) electrons. The molecule has 4 nitrogen and oxygen atoms in total. The largest absolute Gasteiger partial charge is 0.494 e. The molecule has 0 aliphatic rings. The number of hydrogen-bond donors (Lipinski definition) is 1. The Hall–Kier alpha value is -2.88. The van der Waals surface area contributed by atoms with Crippen molar-refractivity contribution in [2.75, 3.05) is 11.9 Å². The molecule has 0 aliphatic carbocycles. The quantitative estimate of drug-likeness (QED) is 0.779. The number of pyridine rings is 1. The van der Waals surface area contributed by atoms with E-state index in [9.17, 15) is 4.79 Å². The van der Waals surface area contributed by atoms with Crippen LogP contribution in [0.5, 0.6) is 5.75 Å². The van der Waals surface area contributed by atoms with E-state index in [4.69, 9.17) is 4.74 Å². The van der Waals surface area contributed by atoms with Crippen molar-refractivity contribution in [2.45, 2.75) is 13.3 Å². The standard InChI is InChI=1S/C19H18N2O2/c1-2-23-15-10-8-14(9-11-15)13-19(22)21-18-7-3-6-17-16(18)5-4-12-20-17/h3-12H,2,13H2,1H3,(H,21,22). The van der Waals surface area contributed by atoms with Gasteiger partial charge in [-0.05, 0) is 48.9 Å². The zero-order valence-corrected chi connectivity index (χ0v) is 13.0. The number of aromatic nitrogens is 1. The van der Waals surface area contributed by atoms with E-state index in [1.807, 2.05) is 61.5 Å². The van der Waals surface area contributed by atoms with E-state index in [2.05, 4.69) is 10.3 Å². The third kappa shape index (κ3) is 3.66. The average Bonchev–Trinajstić information content (AvgIpc) is 2.57. The number of benzene rings is 2. The molecule has 116 valence electrons. The second-order valence-corrected chi connectivity index (χ2v) is 5.18. The maximum atomic E-state index is 12.3. The van der Waals surface area contributed by atoms with Crippen LogP contribution < -0.4 is 10.1 Å². The van der Waals surface area contributed by atoms with Gasteiger partial charge in [-0.1, -0.05) is 18.2 Å². The van der Waals surface area contributed by atoms with E-state index in [0.717, 1.165) is 27.9 Å². The molecule has 0 spiro atoms. The lowest BCUT2D eigenvalue weighted by atomic mass is 10.1. The molecule has 23 heavy (non-hydrogen) atoms. The normalized spacial score (nSPS) is 10.5. The smallest absolute Gasteiger partial charge is 0.228 e. The van der Waals surface area contributed by atoms with Gasteiger partial charge < -0.3 is 10.1 Å². The molecular formula is C19H18N2O2. The van der Waals surface area contributed by atoms with Gasteiger partial charge in [-0.2, -0.15) is 0 Å². The average molecular weight is 306 g/mol. The highest BCUT2D eigenvalue weighted by Crippen LogP contribution is 2.21. The van der Waals surface area contributed by atoms with Crippen LogP contribution in [0.25, 0.3) is 10.9 Å². The number of nitrogens with one attached hydrogen (secondary N) is 1. The van der Waals surface area contributed by atoms with Crippen LogP contribution in [0.15, 0.2) is 60.8 Å². The molecule has 1 heterocycles. The molecule has 0 atom stereocenters. The van der Waals surface area contributed by atoms with Crippen molar-refractivity contribution in [2.24, 2.45) is 0 Å². The maximum absolute atomic E-state index is 12.3. The Kier molecular flexibility index (Phi) is 4.52. The Labute approximate surface area is 135 Å². The first kappa shape index (κ1) is 15.0. The van der Waals surface area contributed by atoms with Gasteiger partial charge in [0, 0.05) is 11.6 Å². The van der Waals surface area contributed by atoms with Gasteiger partial charge in [0.25, 0.3) is 0 Å². The zero-order valence-electron chi connectivity index (χ0n) is 13.0. The monoisotopic (exact) mass is 306 g/mol. The third-order valence-corrected chi connectivity index (χ3v) is 3.52. The van der Waals surface area contributed by atoms with Crippen LogP contribution in [-0.4, -0.2) is 17.5 Å². The molecule has 2 aromatic carbocycles. The number of rotatable bonds is 5. The first-order chi connectivity index (χ1) is 11.3. The van der Waals surface area contributed by atoms with Crippen LogP contribution in [0.1, 0.15) is 12.5 Å². The summed E-state index contributed by atoms with van der Waals surface area (Å²) in [7, 11) is 0. The fourth-order valence-electron chi connectivity index (χ4n) is 2.46. The number of nitrogens with zero attached hydrogens (tertiary/aromatic N) is 1. The third-order valence-electron chi connectivity index (χ3n) is 3.52. The SMILES string of the molecule is CCOc1ccc(CC(=O)Nc2cccc3ncccc23)cc1. The number of fused-ring (bicyclic) bond motifs is 1. The topological polar surface area (TPSA) is 51.2 Å². The molecule has 3 rings (SSSR count). The van der Waals surface area contributed by atoms with Gasteiger partial charge in [0.05, 0.1) is 24.2 Å². The lowest BCUT2D eigenvalue weighted by molar-refractivity contribution is -0.115. The maximum Gasteiger partial charge on any atom is 0.228 e. The molecular weight excluding hydrogens is 288 g/mol. The number of anilines is 1. The van der Waals surface area contributed by atoms with Crippen molar-refractivity contribution >= 4 is 22.5 Å². The predicted octanol–water partition coefficient (Wildman–Crippen LogP) is 3.81. The minimum absolute atomic E-state index is 0.0505. The molecule has 4 heteroatoms. The summed E-state index contributed by atoms with van der Waals surface area (Å²) in [5.74, 6) is 0.766. The van der Waals surface area contributed by atoms with Gasteiger partial charge in [0.15, 0.2) is 0 Å². The molecule has 0 unspecified atom stereocenters. The Morgan fingerprint density at radius 3 is 2.70 bits per heavy atom. The van der Waals surface area contributed by atoms with Gasteiger partial charge in [-0.15, -0.1) is 0 Å². The number of carbonyl (C=O) groups is 1. The minimum atomic E-state index is -0.0505. The molecule has 1 aromatic heterocycles. The number of carbonyl (C=O) groups excluding carboxylic acids is 1. The van der Waals surface area contributed by atoms with Gasteiger partial charge in [0.2, 0.25) is 5.91 Å². The van der Waals surface area contributed by atoms with E-state index in [1.165, 1.54) is 0 Å². The Balaban J connectivity index is 1.71. The second-order valence-electron chi connectivity index (χ2n) is 5.18. The molecule has 0 saturated carbocycles. The Bertz CT molecular complexity index is 808. The fraction of sp³-hybridized carbons (Fsp3) is 0.158. The van der Waals surface area contributed by atoms with E-state index in [0.29, 0.717) is 13.0 Å². The summed E-state index contributed by atoms with van der Waals surface area (Å²) < 4.78 is 5.40. The van der Waals surface area contributed by atoms with Crippen LogP contribution >= 0.6 is 0 Å². The molecule has 0 saturated heterocycles. The molecule has 1 amide bonds. The van der Waals surface area contributed by atoms with E-state index >= 15 is 0 Å². The van der Waals surface area contributed by atoms with E-state index < -0.39 is 0 Å². The summed E-state index contributed by atoms with van der Waals surface area (Å²) in [5.41, 5.74) is 2.60. The zero-order chi connectivity index (χ0) is 16.1. The van der Waals surface area contributed by atoms with E-state index in [1.54, 1.807) is 6.20 Å². The van der Waals surface area contributed by atoms with Gasteiger partial charge in [-0.3, -0.25) is 9.78 Å². The van der Waals surface area contributed by atoms with Gasteiger partial charge in [0.1, 0.15) is 5.75 Å². The van der Waals surface area contributed by atoms with Crippen LogP contribution in [0.2, 0.25) is 0 Å². The van der Waals surface area contributed by atoms with Crippen LogP contribution in [0, 0.1) is 0 Å². The van der Waals surface area contributed by atoms with Crippen molar-refractivity contribution in [1.29, 1.82) is 0 Å². The lowest BCUT2D eigenvalue weighted by Gasteiger charge is -2.09. The molecule has 0 fully saturated rings. The van der Waals surface area contributed by atoms with Crippen LogP contribution in [-0.2, 0) is 11.2 Å². The summed E-state index contributed by atoms with van der Waals surface area (Å²) in [6.45, 7) is 2.58. The molecule has 0 aliphatic heterocycles. The summed E-state index contributed by atoms with van der Waals surface area (Å²) in [6.07, 6.45) is 2.07. The Morgan fingerprint density at radius 1 is 1.09 bits per heavy atom. The highest BCUT2D eigenvalue weighted by Gasteiger charge is 2.07. The highest BCUT2D eigenvalue weighted by atomic mass is 16.5. The van der Waals surface area contributed by atoms with Crippen LogP contribution in [0.3, 0.4) is 0 Å². The number of amides is 1. The molecule has 3 aromatic rings. The fourth-order valence-corrected chi connectivity index (χ4v) is 2.46. The summed E-state index contributed by atoms with van der Waals surface area (Å²) in [4.78, 5) is 16.6. The number of hydrogen-bond acceptors (Lipinski definition) is 3.